The van der Waals surface area contributed by atoms with Crippen LogP contribution in [0.15, 0.2) is 24.3 Å². The van der Waals surface area contributed by atoms with Crippen molar-refractivity contribution < 1.29 is 4.79 Å². The summed E-state index contributed by atoms with van der Waals surface area (Å²) < 4.78 is 0. The Morgan fingerprint density at radius 1 is 1.08 bits per heavy atom. The van der Waals surface area contributed by atoms with Crippen LogP contribution in [0.2, 0.25) is 0 Å². The number of amides is 1. The minimum atomic E-state index is 0.155. The molecule has 0 saturated carbocycles. The molecule has 2 heterocycles. The molecule has 0 radical (unpaired) electrons. The predicted octanol–water partition coefficient (Wildman–Crippen LogP) is 4.18. The van der Waals surface area contributed by atoms with E-state index in [1.807, 2.05) is 0 Å². The summed E-state index contributed by atoms with van der Waals surface area (Å²) in [6.45, 7) is 10.8. The van der Waals surface area contributed by atoms with Gasteiger partial charge in [0, 0.05) is 31.6 Å². The van der Waals surface area contributed by atoms with Gasteiger partial charge in [-0.3, -0.25) is 9.69 Å². The van der Waals surface area contributed by atoms with Crippen LogP contribution in [0.1, 0.15) is 69.9 Å². The molecule has 1 aromatic carbocycles. The average Bonchev–Trinajstić information content (AvgIpc) is 2.74. The first-order chi connectivity index (χ1) is 11.5. The Labute approximate surface area is 147 Å². The summed E-state index contributed by atoms with van der Waals surface area (Å²) in [5.74, 6) is 0.965. The number of hydrogen-bond donors (Lipinski definition) is 0. The Balaban J connectivity index is 1.62. The molecule has 0 aromatic heterocycles. The van der Waals surface area contributed by atoms with Gasteiger partial charge in [-0.2, -0.15) is 0 Å². The zero-order valence-corrected chi connectivity index (χ0v) is 15.6. The van der Waals surface area contributed by atoms with E-state index in [0.717, 1.165) is 45.4 Å². The van der Waals surface area contributed by atoms with Crippen LogP contribution >= 0.6 is 0 Å². The minimum Gasteiger partial charge on any atom is -0.337 e. The molecule has 1 unspecified atom stereocenters. The minimum absolute atomic E-state index is 0.155. The Kier molecular flexibility index (Phi) is 5.29. The second-order valence-corrected chi connectivity index (χ2v) is 7.89. The lowest BCUT2D eigenvalue weighted by atomic mass is 9.88. The van der Waals surface area contributed by atoms with Crippen molar-refractivity contribution in [2.24, 2.45) is 0 Å². The van der Waals surface area contributed by atoms with E-state index in [9.17, 15) is 4.79 Å². The maximum atomic E-state index is 12.2. The fourth-order valence-corrected chi connectivity index (χ4v) is 4.56. The fraction of sp³-hybridized carbons (Fsp3) is 0.667. The number of hydrogen-bond acceptors (Lipinski definition) is 2. The first-order valence-corrected chi connectivity index (χ1v) is 9.66. The van der Waals surface area contributed by atoms with Crippen LogP contribution in [-0.4, -0.2) is 40.9 Å². The maximum Gasteiger partial charge on any atom is 0.223 e. The molecule has 1 aromatic rings. The highest BCUT2D eigenvalue weighted by Gasteiger charge is 2.44. The summed E-state index contributed by atoms with van der Waals surface area (Å²) in [5, 5.41) is 0. The molecular weight excluding hydrogens is 296 g/mol. The van der Waals surface area contributed by atoms with E-state index in [-0.39, 0.29) is 5.54 Å². The molecule has 0 aliphatic carbocycles. The third kappa shape index (κ3) is 3.51. The normalized spacial score (nSPS) is 25.7. The van der Waals surface area contributed by atoms with E-state index in [1.54, 1.807) is 0 Å². The molecule has 2 aliphatic rings. The number of benzene rings is 1. The van der Waals surface area contributed by atoms with Crippen LogP contribution in [0, 0.1) is 0 Å². The van der Waals surface area contributed by atoms with Gasteiger partial charge in [-0.1, -0.05) is 38.1 Å². The van der Waals surface area contributed by atoms with Gasteiger partial charge in [0.25, 0.3) is 0 Å². The topological polar surface area (TPSA) is 23.6 Å². The first kappa shape index (κ1) is 17.5. The zero-order valence-electron chi connectivity index (χ0n) is 15.6. The van der Waals surface area contributed by atoms with Gasteiger partial charge in [-0.15, -0.1) is 0 Å². The van der Waals surface area contributed by atoms with Crippen molar-refractivity contribution in [3.05, 3.63) is 35.4 Å². The third-order valence-electron chi connectivity index (χ3n) is 6.06. The largest absolute Gasteiger partial charge is 0.337 e. The molecule has 3 rings (SSSR count). The lowest BCUT2D eigenvalue weighted by Crippen LogP contribution is -2.46. The average molecular weight is 329 g/mol. The number of carbonyl (C=O) groups excluding carboxylic acids is 1. The van der Waals surface area contributed by atoms with Crippen LogP contribution in [0.3, 0.4) is 0 Å². The molecule has 1 amide bonds. The SMILES string of the molecule is CCN1C(=O)CCC12CCCN(Cc1ccc(C(C)C)cc1)CC2. The molecule has 132 valence electrons. The molecular formula is C21H32N2O. The number of nitrogens with zero attached hydrogens (tertiary/aromatic N) is 2. The van der Waals surface area contributed by atoms with E-state index < -0.39 is 0 Å². The van der Waals surface area contributed by atoms with Crippen LogP contribution in [0.25, 0.3) is 0 Å². The van der Waals surface area contributed by atoms with Gasteiger partial charge < -0.3 is 4.90 Å². The number of likely N-dealkylation sites (tertiary alicyclic amines) is 2. The standard InChI is InChI=1S/C21H32N2O/c1-4-23-20(24)10-12-21(23)11-5-14-22(15-13-21)16-18-6-8-19(9-7-18)17(2)3/h6-9,17H,4-5,10-16H2,1-3H3. The van der Waals surface area contributed by atoms with Gasteiger partial charge in [0.15, 0.2) is 0 Å². The van der Waals surface area contributed by atoms with Gasteiger partial charge >= 0.3 is 0 Å². The number of carbonyl (C=O) groups is 1. The van der Waals surface area contributed by atoms with Gasteiger partial charge in [0.1, 0.15) is 0 Å². The highest BCUT2D eigenvalue weighted by atomic mass is 16.2. The van der Waals surface area contributed by atoms with Crippen molar-refractivity contribution in [1.29, 1.82) is 0 Å². The molecule has 2 aliphatic heterocycles. The van der Waals surface area contributed by atoms with Gasteiger partial charge in [-0.05, 0) is 56.2 Å². The third-order valence-corrected chi connectivity index (χ3v) is 6.06. The molecule has 0 bridgehead atoms. The Bertz CT molecular complexity index is 566. The van der Waals surface area contributed by atoms with E-state index in [4.69, 9.17) is 0 Å². The highest BCUT2D eigenvalue weighted by Crippen LogP contribution is 2.39. The molecule has 1 atom stereocenters. The Morgan fingerprint density at radius 3 is 2.50 bits per heavy atom. The maximum absolute atomic E-state index is 12.2. The lowest BCUT2D eigenvalue weighted by molar-refractivity contribution is -0.131. The van der Waals surface area contributed by atoms with Crippen molar-refractivity contribution in [1.82, 2.24) is 9.80 Å². The predicted molar refractivity (Wildman–Crippen MR) is 99.0 cm³/mol. The monoisotopic (exact) mass is 328 g/mol. The lowest BCUT2D eigenvalue weighted by Gasteiger charge is -2.37. The van der Waals surface area contributed by atoms with Gasteiger partial charge in [0.05, 0.1) is 0 Å². The van der Waals surface area contributed by atoms with Crippen molar-refractivity contribution in [3.63, 3.8) is 0 Å². The molecule has 1 spiro atoms. The highest BCUT2D eigenvalue weighted by molar-refractivity contribution is 5.79. The van der Waals surface area contributed by atoms with Crippen molar-refractivity contribution >= 4 is 5.91 Å². The van der Waals surface area contributed by atoms with E-state index in [2.05, 4.69) is 54.8 Å². The summed E-state index contributed by atoms with van der Waals surface area (Å²) in [6, 6.07) is 9.11. The van der Waals surface area contributed by atoms with Gasteiger partial charge in [-0.25, -0.2) is 0 Å². The molecule has 2 fully saturated rings. The molecule has 3 heteroatoms. The van der Waals surface area contributed by atoms with Crippen LogP contribution < -0.4 is 0 Å². The smallest absolute Gasteiger partial charge is 0.223 e. The van der Waals surface area contributed by atoms with Crippen LogP contribution in [0.5, 0.6) is 0 Å². The second kappa shape index (κ2) is 7.26. The summed E-state index contributed by atoms with van der Waals surface area (Å²) in [5.41, 5.74) is 2.98. The zero-order chi connectivity index (χ0) is 17.2. The van der Waals surface area contributed by atoms with Crippen LogP contribution in [-0.2, 0) is 11.3 Å². The van der Waals surface area contributed by atoms with Crippen LogP contribution in [0.4, 0.5) is 0 Å². The van der Waals surface area contributed by atoms with E-state index in [1.165, 1.54) is 24.0 Å². The quantitative estimate of drug-likeness (QED) is 0.828. The summed E-state index contributed by atoms with van der Waals surface area (Å²) in [6.07, 6.45) is 5.33. The molecule has 3 nitrogen and oxygen atoms in total. The first-order valence-electron chi connectivity index (χ1n) is 9.66. The van der Waals surface area contributed by atoms with Crippen molar-refractivity contribution in [2.75, 3.05) is 19.6 Å². The van der Waals surface area contributed by atoms with Crippen molar-refractivity contribution in [2.45, 2.75) is 70.9 Å². The summed E-state index contributed by atoms with van der Waals surface area (Å²) in [7, 11) is 0. The van der Waals surface area contributed by atoms with Gasteiger partial charge in [0.2, 0.25) is 5.91 Å². The van der Waals surface area contributed by atoms with E-state index >= 15 is 0 Å². The Hall–Kier alpha value is -1.35. The van der Waals surface area contributed by atoms with Crippen molar-refractivity contribution in [3.8, 4) is 0 Å². The fourth-order valence-electron chi connectivity index (χ4n) is 4.56. The van der Waals surface area contributed by atoms with E-state index in [0.29, 0.717) is 11.8 Å². The Morgan fingerprint density at radius 2 is 1.83 bits per heavy atom. The molecule has 24 heavy (non-hydrogen) atoms. The molecule has 0 N–H and O–H groups in total. The second-order valence-electron chi connectivity index (χ2n) is 7.89. The molecule has 2 saturated heterocycles. The number of rotatable bonds is 4. The summed E-state index contributed by atoms with van der Waals surface area (Å²) >= 11 is 0. The summed E-state index contributed by atoms with van der Waals surface area (Å²) in [4.78, 5) is 16.9.